The fraction of sp³-hybridized carbons (Fsp3) is 0.222. The zero-order chi connectivity index (χ0) is 18.7. The van der Waals surface area contributed by atoms with Gasteiger partial charge in [-0.1, -0.05) is 41.6 Å². The van der Waals surface area contributed by atoms with Crippen LogP contribution in [0.4, 0.5) is 5.69 Å². The molecule has 134 valence electrons. The van der Waals surface area contributed by atoms with Gasteiger partial charge in [0, 0.05) is 10.7 Å². The number of rotatable bonds is 5. The quantitative estimate of drug-likeness (QED) is 0.668. The number of hydrogen-bond donors (Lipinski definition) is 1. The van der Waals surface area contributed by atoms with E-state index in [2.05, 4.69) is 20.8 Å². The Morgan fingerprint density at radius 1 is 1.23 bits per heavy atom. The van der Waals surface area contributed by atoms with Gasteiger partial charge in [-0.25, -0.2) is 0 Å². The Labute approximate surface area is 160 Å². The fourth-order valence-electron chi connectivity index (χ4n) is 2.37. The summed E-state index contributed by atoms with van der Waals surface area (Å²) in [6.07, 6.45) is 0. The van der Waals surface area contributed by atoms with E-state index in [1.54, 1.807) is 28.9 Å². The van der Waals surface area contributed by atoms with Crippen molar-refractivity contribution < 1.29 is 4.79 Å². The number of thioether (sulfide) groups is 1. The minimum atomic E-state index is -0.385. The van der Waals surface area contributed by atoms with Crippen LogP contribution in [-0.2, 0) is 4.79 Å². The third-order valence-electron chi connectivity index (χ3n) is 3.78. The summed E-state index contributed by atoms with van der Waals surface area (Å²) >= 11 is 7.25. The third kappa shape index (κ3) is 4.23. The molecule has 0 aliphatic heterocycles. The van der Waals surface area contributed by atoms with Crippen LogP contribution in [0.15, 0.2) is 47.6 Å². The first-order valence-corrected chi connectivity index (χ1v) is 9.29. The van der Waals surface area contributed by atoms with Gasteiger partial charge >= 0.3 is 0 Å². The van der Waals surface area contributed by atoms with Gasteiger partial charge in [0.2, 0.25) is 11.1 Å². The molecule has 3 aromatic rings. The zero-order valence-corrected chi connectivity index (χ0v) is 16.2. The van der Waals surface area contributed by atoms with E-state index in [0.717, 1.165) is 16.8 Å². The Kier molecular flexibility index (Phi) is 5.58. The second-order valence-corrected chi connectivity index (χ2v) is 7.67. The lowest BCUT2D eigenvalue weighted by Gasteiger charge is -2.13. The lowest BCUT2D eigenvalue weighted by atomic mass is 10.1. The molecule has 2 aromatic carbocycles. The van der Waals surface area contributed by atoms with Crippen molar-refractivity contribution in [1.29, 1.82) is 0 Å². The van der Waals surface area contributed by atoms with Crippen molar-refractivity contribution >= 4 is 35.0 Å². The second kappa shape index (κ2) is 7.88. The maximum Gasteiger partial charge on any atom is 0.237 e. The lowest BCUT2D eigenvalue weighted by molar-refractivity contribution is -0.115. The fourth-order valence-corrected chi connectivity index (χ4v) is 3.36. The zero-order valence-electron chi connectivity index (χ0n) is 14.6. The molecule has 1 aromatic heterocycles. The molecule has 3 rings (SSSR count). The van der Waals surface area contributed by atoms with E-state index in [4.69, 9.17) is 11.6 Å². The topological polar surface area (TPSA) is 72.7 Å². The molecule has 0 aliphatic rings. The standard InChI is InChI=1S/C18H18ClN5OS/c1-11-7-8-12(2)16(9-11)24-18(21-22-23-24)26-13(3)17(25)20-15-6-4-5-14(19)10-15/h4-10,13H,1-3H3,(H,20,25)/t13-/m0/s1. The lowest BCUT2D eigenvalue weighted by Crippen LogP contribution is -2.23. The van der Waals surface area contributed by atoms with E-state index in [-0.39, 0.29) is 11.2 Å². The highest BCUT2D eigenvalue weighted by Gasteiger charge is 2.20. The number of aromatic nitrogens is 4. The molecule has 0 radical (unpaired) electrons. The summed E-state index contributed by atoms with van der Waals surface area (Å²) in [5.74, 6) is -0.146. The summed E-state index contributed by atoms with van der Waals surface area (Å²) in [4.78, 5) is 12.5. The van der Waals surface area contributed by atoms with Crippen molar-refractivity contribution in [3.05, 3.63) is 58.6 Å². The molecule has 6 nitrogen and oxygen atoms in total. The molecule has 0 bridgehead atoms. The smallest absolute Gasteiger partial charge is 0.237 e. The van der Waals surface area contributed by atoms with E-state index >= 15 is 0 Å². The maximum atomic E-state index is 12.5. The number of hydrogen-bond acceptors (Lipinski definition) is 5. The number of anilines is 1. The van der Waals surface area contributed by atoms with Crippen LogP contribution in [0, 0.1) is 13.8 Å². The molecule has 8 heteroatoms. The van der Waals surface area contributed by atoms with Crippen molar-refractivity contribution in [3.63, 3.8) is 0 Å². The van der Waals surface area contributed by atoms with Crippen LogP contribution in [0.5, 0.6) is 0 Å². The number of carbonyl (C=O) groups is 1. The highest BCUT2D eigenvalue weighted by Crippen LogP contribution is 2.26. The Morgan fingerprint density at radius 2 is 2.04 bits per heavy atom. The molecule has 1 amide bonds. The van der Waals surface area contributed by atoms with Gasteiger partial charge in [0.05, 0.1) is 10.9 Å². The van der Waals surface area contributed by atoms with Gasteiger partial charge in [0.15, 0.2) is 0 Å². The van der Waals surface area contributed by atoms with Crippen molar-refractivity contribution in [2.75, 3.05) is 5.32 Å². The van der Waals surface area contributed by atoms with Gasteiger partial charge in [-0.05, 0) is 66.6 Å². The predicted molar refractivity (Wildman–Crippen MR) is 104 cm³/mol. The molecule has 0 saturated heterocycles. The van der Waals surface area contributed by atoms with E-state index < -0.39 is 0 Å². The van der Waals surface area contributed by atoms with Gasteiger partial charge in [-0.3, -0.25) is 4.79 Å². The summed E-state index contributed by atoms with van der Waals surface area (Å²) in [6, 6.07) is 13.1. The van der Waals surface area contributed by atoms with Gasteiger partial charge in [0.1, 0.15) is 0 Å². The molecule has 1 N–H and O–H groups in total. The third-order valence-corrected chi connectivity index (χ3v) is 5.05. The molecule has 26 heavy (non-hydrogen) atoms. The van der Waals surface area contributed by atoms with Crippen LogP contribution in [0.3, 0.4) is 0 Å². The molecule has 0 saturated carbocycles. The SMILES string of the molecule is Cc1ccc(C)c(-n2nnnc2S[C@@H](C)C(=O)Nc2cccc(Cl)c2)c1. The molecule has 0 fully saturated rings. The van der Waals surface area contributed by atoms with E-state index in [0.29, 0.717) is 15.9 Å². The van der Waals surface area contributed by atoms with Crippen molar-refractivity contribution in [1.82, 2.24) is 20.2 Å². The first kappa shape index (κ1) is 18.4. The summed E-state index contributed by atoms with van der Waals surface area (Å²) in [5.41, 5.74) is 3.73. The van der Waals surface area contributed by atoms with Crippen LogP contribution < -0.4 is 5.32 Å². The number of tetrazole rings is 1. The highest BCUT2D eigenvalue weighted by molar-refractivity contribution is 8.00. The number of carbonyl (C=O) groups excluding carboxylic acids is 1. The monoisotopic (exact) mass is 387 g/mol. The summed E-state index contributed by atoms with van der Waals surface area (Å²) in [6.45, 7) is 5.83. The normalized spacial score (nSPS) is 12.0. The Hall–Kier alpha value is -2.38. The number of nitrogens with zero attached hydrogens (tertiary/aromatic N) is 4. The van der Waals surface area contributed by atoms with Crippen molar-refractivity contribution in [2.24, 2.45) is 0 Å². The number of nitrogens with one attached hydrogen (secondary N) is 1. The first-order valence-electron chi connectivity index (χ1n) is 8.03. The minimum absolute atomic E-state index is 0.146. The minimum Gasteiger partial charge on any atom is -0.325 e. The van der Waals surface area contributed by atoms with Crippen molar-refractivity contribution in [3.8, 4) is 5.69 Å². The molecule has 0 aliphatic carbocycles. The molecular weight excluding hydrogens is 370 g/mol. The van der Waals surface area contributed by atoms with Gasteiger partial charge in [-0.2, -0.15) is 4.68 Å². The van der Waals surface area contributed by atoms with Crippen LogP contribution in [0.25, 0.3) is 5.69 Å². The number of benzene rings is 2. The Balaban J connectivity index is 1.76. The number of halogens is 1. The average Bonchev–Trinajstić information content (AvgIpc) is 3.05. The molecule has 0 spiro atoms. The molecular formula is C18H18ClN5OS. The molecule has 0 unspecified atom stereocenters. The number of aryl methyl sites for hydroxylation is 2. The van der Waals surface area contributed by atoms with Crippen LogP contribution in [0.1, 0.15) is 18.1 Å². The maximum absolute atomic E-state index is 12.5. The Morgan fingerprint density at radius 3 is 2.81 bits per heavy atom. The molecule has 1 atom stereocenters. The summed E-state index contributed by atoms with van der Waals surface area (Å²) in [7, 11) is 0. The van der Waals surface area contributed by atoms with Crippen LogP contribution in [0.2, 0.25) is 5.02 Å². The summed E-state index contributed by atoms with van der Waals surface area (Å²) < 4.78 is 1.66. The van der Waals surface area contributed by atoms with Gasteiger partial charge < -0.3 is 5.32 Å². The van der Waals surface area contributed by atoms with E-state index in [1.165, 1.54) is 11.8 Å². The largest absolute Gasteiger partial charge is 0.325 e. The van der Waals surface area contributed by atoms with Crippen molar-refractivity contribution in [2.45, 2.75) is 31.2 Å². The van der Waals surface area contributed by atoms with E-state index in [9.17, 15) is 4.79 Å². The van der Waals surface area contributed by atoms with E-state index in [1.807, 2.05) is 39.0 Å². The molecule has 1 heterocycles. The number of amides is 1. The Bertz CT molecular complexity index is 943. The predicted octanol–water partition coefficient (Wildman–Crippen LogP) is 4.05. The first-order chi connectivity index (χ1) is 12.4. The second-order valence-electron chi connectivity index (χ2n) is 5.92. The highest BCUT2D eigenvalue weighted by atomic mass is 35.5. The summed E-state index contributed by atoms with van der Waals surface area (Å²) in [5, 5.41) is 15.5. The van der Waals surface area contributed by atoms with Gasteiger partial charge in [-0.15, -0.1) is 5.10 Å². The van der Waals surface area contributed by atoms with Gasteiger partial charge in [0.25, 0.3) is 0 Å². The van der Waals surface area contributed by atoms with Crippen LogP contribution >= 0.6 is 23.4 Å². The average molecular weight is 388 g/mol. The van der Waals surface area contributed by atoms with Crippen LogP contribution in [-0.4, -0.2) is 31.4 Å².